The minimum absolute atomic E-state index is 0.297. The number of nitrogens with one attached hydrogen (secondary N) is 1. The third-order valence-electron chi connectivity index (χ3n) is 5.77. The van der Waals surface area contributed by atoms with E-state index in [0.717, 1.165) is 28.3 Å². The van der Waals surface area contributed by atoms with E-state index in [2.05, 4.69) is 9.88 Å². The Balaban J connectivity index is 2.19. The summed E-state index contributed by atoms with van der Waals surface area (Å²) in [7, 11) is 1.55. The molecule has 0 aliphatic carbocycles. The quantitative estimate of drug-likeness (QED) is 0.357. The molecule has 2 heterocycles. The molecular weight excluding hydrogens is 431 g/mol. The van der Waals surface area contributed by atoms with E-state index in [1.165, 1.54) is 12.1 Å². The van der Waals surface area contributed by atoms with Gasteiger partial charge in [-0.2, -0.15) is 0 Å². The maximum Gasteiger partial charge on any atom is 0.254 e. The van der Waals surface area contributed by atoms with Gasteiger partial charge >= 0.3 is 0 Å². The van der Waals surface area contributed by atoms with Crippen LogP contribution in [0.15, 0.2) is 77.3 Å². The van der Waals surface area contributed by atoms with Crippen LogP contribution in [0.25, 0.3) is 33.4 Å². The molecule has 2 aromatic carbocycles. The van der Waals surface area contributed by atoms with Crippen LogP contribution in [0.4, 0.5) is 4.39 Å². The Hall–Kier alpha value is -4.19. The Kier molecular flexibility index (Phi) is 6.59. The summed E-state index contributed by atoms with van der Waals surface area (Å²) in [6.45, 7) is 4.60. The molecule has 0 bridgehead atoms. The number of halogens is 1. The number of aromatic nitrogens is 1. The van der Waals surface area contributed by atoms with Crippen molar-refractivity contribution in [3.63, 3.8) is 0 Å². The molecule has 0 saturated heterocycles. The molecule has 0 atom stereocenters. The van der Waals surface area contributed by atoms with Crippen LogP contribution in [0.2, 0.25) is 0 Å². The number of carbonyl (C=O) groups excluding carboxylic acids is 2. The van der Waals surface area contributed by atoms with Gasteiger partial charge in [-0.3, -0.25) is 9.59 Å². The molecule has 0 fully saturated rings. The van der Waals surface area contributed by atoms with Gasteiger partial charge in [0.25, 0.3) is 5.91 Å². The molecule has 0 radical (unpaired) electrons. The molecule has 0 saturated carbocycles. The number of aryl methyl sites for hydroxylation is 2. The van der Waals surface area contributed by atoms with Crippen LogP contribution in [0, 0.1) is 12.7 Å². The fourth-order valence-electron chi connectivity index (χ4n) is 4.05. The fourth-order valence-corrected chi connectivity index (χ4v) is 4.05. The summed E-state index contributed by atoms with van der Waals surface area (Å²) >= 11 is 0. The van der Waals surface area contributed by atoms with Crippen molar-refractivity contribution in [2.24, 2.45) is 0 Å². The van der Waals surface area contributed by atoms with Crippen molar-refractivity contribution in [2.45, 2.75) is 20.4 Å². The number of aldehydes is 1. The number of fused-ring (bicyclic) bond motifs is 1. The van der Waals surface area contributed by atoms with Crippen LogP contribution in [-0.2, 0) is 6.54 Å². The Morgan fingerprint density at radius 2 is 1.82 bits per heavy atom. The van der Waals surface area contributed by atoms with Crippen molar-refractivity contribution in [1.82, 2.24) is 9.88 Å². The molecule has 0 unspecified atom stereocenters. The van der Waals surface area contributed by atoms with Gasteiger partial charge in [-0.25, -0.2) is 4.39 Å². The molecule has 1 N–H and O–H groups in total. The Morgan fingerprint density at radius 1 is 1.06 bits per heavy atom. The summed E-state index contributed by atoms with van der Waals surface area (Å²) in [5, 5.41) is 3.52. The highest BCUT2D eigenvalue weighted by Crippen LogP contribution is 2.33. The highest BCUT2D eigenvalue weighted by Gasteiger charge is 2.16. The van der Waals surface area contributed by atoms with E-state index in [1.807, 2.05) is 50.4 Å². The average Bonchev–Trinajstić information content (AvgIpc) is 3.30. The molecule has 2 aromatic heterocycles. The van der Waals surface area contributed by atoms with Crippen LogP contribution in [0.1, 0.15) is 33.4 Å². The molecule has 0 aliphatic heterocycles. The Morgan fingerprint density at radius 3 is 2.50 bits per heavy atom. The third-order valence-corrected chi connectivity index (χ3v) is 5.77. The zero-order valence-electron chi connectivity index (χ0n) is 19.3. The first-order valence-corrected chi connectivity index (χ1v) is 11.0. The standard InChI is InChI=1S/C28H25FN2O3/c1-4-31-15-14-23-18(2)34-27(20-8-10-22(29)11-9-20)25(28(33)30-3)13-12-24(26(23)31)21-7-5-6-19(16-21)17-32/h5-17H,4H2,1-3H3,(H,30,33). The van der Waals surface area contributed by atoms with Gasteiger partial charge < -0.3 is 14.3 Å². The van der Waals surface area contributed by atoms with Gasteiger partial charge in [-0.15, -0.1) is 0 Å². The van der Waals surface area contributed by atoms with E-state index >= 15 is 0 Å². The first-order chi connectivity index (χ1) is 16.5. The minimum Gasteiger partial charge on any atom is -0.460 e. The fraction of sp³-hybridized carbons (Fsp3) is 0.143. The number of hydrogen-bond acceptors (Lipinski definition) is 3. The van der Waals surface area contributed by atoms with E-state index in [4.69, 9.17) is 4.42 Å². The summed E-state index contributed by atoms with van der Waals surface area (Å²) in [6, 6.07) is 18.7. The van der Waals surface area contributed by atoms with Gasteiger partial charge in [0.1, 0.15) is 23.6 Å². The lowest BCUT2D eigenvalue weighted by molar-refractivity contribution is 0.0962. The molecule has 6 heteroatoms. The Bertz CT molecular complexity index is 1430. The number of hydrogen-bond donors (Lipinski definition) is 1. The minimum atomic E-state index is -0.377. The van der Waals surface area contributed by atoms with Gasteiger partial charge in [-0.1, -0.05) is 24.3 Å². The van der Waals surface area contributed by atoms with Crippen LogP contribution in [0.3, 0.4) is 0 Å². The number of benzene rings is 2. The topological polar surface area (TPSA) is 64.2 Å². The second-order valence-corrected chi connectivity index (χ2v) is 7.84. The zero-order chi connectivity index (χ0) is 24.2. The van der Waals surface area contributed by atoms with Crippen LogP contribution in [-0.4, -0.2) is 23.8 Å². The molecule has 172 valence electrons. The van der Waals surface area contributed by atoms with Crippen LogP contribution < -0.4 is 5.32 Å². The maximum absolute atomic E-state index is 13.6. The molecule has 0 aliphatic rings. The highest BCUT2D eigenvalue weighted by molar-refractivity contribution is 6.00. The van der Waals surface area contributed by atoms with E-state index in [0.29, 0.717) is 34.8 Å². The maximum atomic E-state index is 13.6. The zero-order valence-corrected chi connectivity index (χ0v) is 19.3. The van der Waals surface area contributed by atoms with Crippen molar-refractivity contribution in [3.05, 3.63) is 95.6 Å². The largest absolute Gasteiger partial charge is 0.460 e. The van der Waals surface area contributed by atoms with E-state index in [-0.39, 0.29) is 11.7 Å². The highest BCUT2D eigenvalue weighted by atomic mass is 19.1. The molecule has 4 aromatic rings. The van der Waals surface area contributed by atoms with Crippen LogP contribution >= 0.6 is 0 Å². The average molecular weight is 457 g/mol. The van der Waals surface area contributed by atoms with Gasteiger partial charge in [0.05, 0.1) is 11.1 Å². The first-order valence-electron chi connectivity index (χ1n) is 11.0. The van der Waals surface area contributed by atoms with E-state index < -0.39 is 0 Å². The van der Waals surface area contributed by atoms with Crippen molar-refractivity contribution < 1.29 is 18.4 Å². The monoisotopic (exact) mass is 456 g/mol. The first kappa shape index (κ1) is 23.0. The molecular formula is C28H25FN2O3. The molecule has 5 nitrogen and oxygen atoms in total. The number of rotatable bonds is 5. The van der Waals surface area contributed by atoms with Crippen LogP contribution in [0.5, 0.6) is 0 Å². The van der Waals surface area contributed by atoms with Crippen molar-refractivity contribution in [2.75, 3.05) is 7.05 Å². The third kappa shape index (κ3) is 4.35. The van der Waals surface area contributed by atoms with E-state index in [9.17, 15) is 14.0 Å². The lowest BCUT2D eigenvalue weighted by atomic mass is 10.0. The number of nitrogens with zero attached hydrogens (tertiary/aromatic N) is 1. The lowest BCUT2D eigenvalue weighted by Gasteiger charge is -2.07. The van der Waals surface area contributed by atoms with E-state index in [1.54, 1.807) is 31.3 Å². The number of amides is 1. The second-order valence-electron chi connectivity index (χ2n) is 7.84. The SMILES string of the molecule is CCn1ccc2c(C)oc(-c3ccc(F)cc3)c(C(=O)NC)ccc(-c3cccc(C=O)c3)c21. The summed E-state index contributed by atoms with van der Waals surface area (Å²) in [5.74, 6) is 0.203. The molecule has 34 heavy (non-hydrogen) atoms. The summed E-state index contributed by atoms with van der Waals surface area (Å²) < 4.78 is 22.0. The smallest absolute Gasteiger partial charge is 0.254 e. The molecule has 1 amide bonds. The predicted molar refractivity (Wildman–Crippen MR) is 132 cm³/mol. The van der Waals surface area contributed by atoms with Gasteiger partial charge in [0, 0.05) is 41.9 Å². The van der Waals surface area contributed by atoms with Crippen molar-refractivity contribution >= 4 is 23.1 Å². The molecule has 4 rings (SSSR count). The summed E-state index contributed by atoms with van der Waals surface area (Å²) in [5.41, 5.74) is 4.02. The summed E-state index contributed by atoms with van der Waals surface area (Å²) in [4.78, 5) is 24.4. The van der Waals surface area contributed by atoms with Gasteiger partial charge in [-0.05, 0) is 61.9 Å². The predicted octanol–water partition coefficient (Wildman–Crippen LogP) is 6.33. The summed E-state index contributed by atoms with van der Waals surface area (Å²) in [6.07, 6.45) is 2.79. The van der Waals surface area contributed by atoms with Crippen molar-refractivity contribution in [1.29, 1.82) is 0 Å². The Labute approximate surface area is 197 Å². The lowest BCUT2D eigenvalue weighted by Crippen LogP contribution is -2.18. The van der Waals surface area contributed by atoms with Crippen molar-refractivity contribution in [3.8, 4) is 22.5 Å². The molecule has 0 spiro atoms. The number of carbonyl (C=O) groups is 2. The normalized spacial score (nSPS) is 10.7. The van der Waals surface area contributed by atoms with Gasteiger partial charge in [0.2, 0.25) is 0 Å². The van der Waals surface area contributed by atoms with Gasteiger partial charge in [0.15, 0.2) is 0 Å². The second kappa shape index (κ2) is 9.75.